The summed E-state index contributed by atoms with van der Waals surface area (Å²) in [7, 11) is 1.51. The van der Waals surface area contributed by atoms with Crippen LogP contribution in [0.1, 0.15) is 20.8 Å². The molecule has 0 spiro atoms. The fraction of sp³-hybridized carbons (Fsp3) is 0.467. The Kier molecular flexibility index (Phi) is 6.49. The second-order valence-corrected chi connectivity index (χ2v) is 5.61. The van der Waals surface area contributed by atoms with Crippen LogP contribution in [0.2, 0.25) is 0 Å². The Hall–Kier alpha value is -1.95. The predicted octanol–water partition coefficient (Wildman–Crippen LogP) is 3.18. The number of carbonyl (C=O) groups excluding carboxylic acids is 2. The molecule has 1 aromatic rings. The average Bonchev–Trinajstić information content (AvgIpc) is 2.43. The van der Waals surface area contributed by atoms with Crippen molar-refractivity contribution in [2.24, 2.45) is 0 Å². The number of benzene rings is 1. The Labute approximate surface area is 134 Å². The maximum atomic E-state index is 12.3. The van der Waals surface area contributed by atoms with E-state index in [0.29, 0.717) is 11.4 Å². The second kappa shape index (κ2) is 7.89. The maximum absolute atomic E-state index is 12.3. The number of halogens is 1. The van der Waals surface area contributed by atoms with Gasteiger partial charge in [-0.25, -0.2) is 4.79 Å². The third-order valence-electron chi connectivity index (χ3n) is 2.48. The minimum Gasteiger partial charge on any atom is -0.497 e. The van der Waals surface area contributed by atoms with Gasteiger partial charge in [0.15, 0.2) is 6.07 Å². The van der Waals surface area contributed by atoms with E-state index in [0.717, 1.165) is 0 Å². The third kappa shape index (κ3) is 5.81. The summed E-state index contributed by atoms with van der Waals surface area (Å²) < 4.78 is 15.1. The van der Waals surface area contributed by atoms with Crippen molar-refractivity contribution >= 4 is 29.4 Å². The molecule has 0 atom stereocenters. The Bertz CT molecular complexity index is 527. The van der Waals surface area contributed by atoms with Gasteiger partial charge in [0.2, 0.25) is 0 Å². The van der Waals surface area contributed by atoms with Crippen molar-refractivity contribution in [2.45, 2.75) is 26.4 Å². The number of alkyl halides is 1. The first-order valence-electron chi connectivity index (χ1n) is 6.63. The van der Waals surface area contributed by atoms with Gasteiger partial charge in [-0.05, 0) is 32.9 Å². The molecule has 0 aliphatic carbocycles. The van der Waals surface area contributed by atoms with Gasteiger partial charge >= 0.3 is 12.1 Å². The van der Waals surface area contributed by atoms with Crippen LogP contribution in [0.25, 0.3) is 0 Å². The van der Waals surface area contributed by atoms with Crippen LogP contribution in [0.4, 0.5) is 10.5 Å². The van der Waals surface area contributed by atoms with E-state index >= 15 is 0 Å². The van der Waals surface area contributed by atoms with Crippen LogP contribution in [-0.2, 0) is 14.3 Å². The monoisotopic (exact) mass is 329 g/mol. The van der Waals surface area contributed by atoms with E-state index < -0.39 is 17.7 Å². The first-order valence-corrected chi connectivity index (χ1v) is 7.16. The standard InChI is InChI=1S/C15H20ClNO5/c1-15(2,3)22-14(19)17(9-13(18)21-10-16)11-6-5-7-12(8-11)20-4/h5-8H,9-10H2,1-4H3. The molecule has 0 bridgehead atoms. The second-order valence-electron chi connectivity index (χ2n) is 5.39. The lowest BCUT2D eigenvalue weighted by Crippen LogP contribution is -2.40. The predicted molar refractivity (Wildman–Crippen MR) is 83.4 cm³/mol. The lowest BCUT2D eigenvalue weighted by atomic mass is 10.2. The van der Waals surface area contributed by atoms with E-state index in [1.165, 1.54) is 12.0 Å². The third-order valence-corrected chi connectivity index (χ3v) is 2.59. The smallest absolute Gasteiger partial charge is 0.415 e. The Morgan fingerprint density at radius 1 is 1.27 bits per heavy atom. The summed E-state index contributed by atoms with van der Waals surface area (Å²) in [5, 5.41) is 0. The quantitative estimate of drug-likeness (QED) is 0.613. The summed E-state index contributed by atoms with van der Waals surface area (Å²) in [6.45, 7) is 4.91. The Morgan fingerprint density at radius 2 is 1.95 bits per heavy atom. The highest BCUT2D eigenvalue weighted by Gasteiger charge is 2.26. The highest BCUT2D eigenvalue weighted by atomic mass is 35.5. The number of amides is 1. The number of hydrogen-bond donors (Lipinski definition) is 0. The van der Waals surface area contributed by atoms with Gasteiger partial charge in [0.05, 0.1) is 12.8 Å². The fourth-order valence-electron chi connectivity index (χ4n) is 1.59. The number of hydrogen-bond acceptors (Lipinski definition) is 5. The number of rotatable bonds is 5. The first kappa shape index (κ1) is 18.1. The summed E-state index contributed by atoms with van der Waals surface area (Å²) in [6, 6.07) is 6.45. The lowest BCUT2D eigenvalue weighted by Gasteiger charge is -2.27. The largest absolute Gasteiger partial charge is 0.497 e. The molecule has 0 radical (unpaired) electrons. The topological polar surface area (TPSA) is 65.1 Å². The van der Waals surface area contributed by atoms with Crippen LogP contribution in [0, 0.1) is 0 Å². The summed E-state index contributed by atoms with van der Waals surface area (Å²) in [5.41, 5.74) is -0.231. The van der Waals surface area contributed by atoms with Gasteiger partial charge < -0.3 is 14.2 Å². The zero-order chi connectivity index (χ0) is 16.8. The molecular formula is C15H20ClNO5. The summed E-state index contributed by atoms with van der Waals surface area (Å²) in [4.78, 5) is 25.2. The highest BCUT2D eigenvalue weighted by molar-refractivity contribution is 6.17. The summed E-state index contributed by atoms with van der Waals surface area (Å²) in [6.07, 6.45) is -0.660. The molecule has 0 aromatic heterocycles. The fourth-order valence-corrected chi connectivity index (χ4v) is 1.71. The van der Waals surface area contributed by atoms with E-state index in [2.05, 4.69) is 4.74 Å². The van der Waals surface area contributed by atoms with E-state index in [4.69, 9.17) is 21.1 Å². The number of carbonyl (C=O) groups is 2. The Balaban J connectivity index is 3.04. The highest BCUT2D eigenvalue weighted by Crippen LogP contribution is 2.23. The minimum atomic E-state index is -0.690. The number of anilines is 1. The molecule has 22 heavy (non-hydrogen) atoms. The number of ether oxygens (including phenoxy) is 3. The number of methoxy groups -OCH3 is 1. The van der Waals surface area contributed by atoms with E-state index in [1.807, 2.05) is 0 Å². The molecule has 0 saturated heterocycles. The molecule has 0 aliphatic heterocycles. The van der Waals surface area contributed by atoms with Gasteiger partial charge in [-0.3, -0.25) is 9.69 Å². The normalized spacial score (nSPS) is 10.8. The van der Waals surface area contributed by atoms with Crippen molar-refractivity contribution < 1.29 is 23.8 Å². The van der Waals surface area contributed by atoms with Crippen molar-refractivity contribution in [3.63, 3.8) is 0 Å². The number of esters is 1. The zero-order valence-electron chi connectivity index (χ0n) is 13.1. The van der Waals surface area contributed by atoms with E-state index in [1.54, 1.807) is 45.0 Å². The number of nitrogens with zero attached hydrogens (tertiary/aromatic N) is 1. The molecule has 6 nitrogen and oxygen atoms in total. The van der Waals surface area contributed by atoms with Gasteiger partial charge in [-0.15, -0.1) is 0 Å². The molecule has 7 heteroatoms. The van der Waals surface area contributed by atoms with Crippen molar-refractivity contribution in [1.82, 2.24) is 0 Å². The van der Waals surface area contributed by atoms with E-state index in [-0.39, 0.29) is 12.6 Å². The van der Waals surface area contributed by atoms with Crippen molar-refractivity contribution in [1.29, 1.82) is 0 Å². The molecular weight excluding hydrogens is 310 g/mol. The van der Waals surface area contributed by atoms with Crippen LogP contribution in [0.5, 0.6) is 5.75 Å². The van der Waals surface area contributed by atoms with Crippen LogP contribution in [0.15, 0.2) is 24.3 Å². The SMILES string of the molecule is COc1cccc(N(CC(=O)OCCl)C(=O)OC(C)(C)C)c1. The molecule has 122 valence electrons. The van der Waals surface area contributed by atoms with Crippen molar-refractivity contribution in [3.8, 4) is 5.75 Å². The summed E-state index contributed by atoms with van der Waals surface area (Å²) >= 11 is 5.36. The molecule has 0 saturated carbocycles. The summed E-state index contributed by atoms with van der Waals surface area (Å²) in [5.74, 6) is -0.0829. The molecule has 0 fully saturated rings. The van der Waals surface area contributed by atoms with Crippen LogP contribution in [-0.4, -0.2) is 37.4 Å². The van der Waals surface area contributed by atoms with Crippen LogP contribution in [0.3, 0.4) is 0 Å². The zero-order valence-corrected chi connectivity index (χ0v) is 13.8. The average molecular weight is 330 g/mol. The molecule has 1 amide bonds. The van der Waals surface area contributed by atoms with Crippen LogP contribution < -0.4 is 9.64 Å². The van der Waals surface area contributed by atoms with Crippen LogP contribution >= 0.6 is 11.6 Å². The van der Waals surface area contributed by atoms with E-state index in [9.17, 15) is 9.59 Å². The molecule has 1 rings (SSSR count). The lowest BCUT2D eigenvalue weighted by molar-refractivity contribution is -0.139. The van der Waals surface area contributed by atoms with Crippen molar-refractivity contribution in [2.75, 3.05) is 24.6 Å². The van der Waals surface area contributed by atoms with Gasteiger partial charge in [0.25, 0.3) is 0 Å². The molecule has 0 aliphatic rings. The van der Waals surface area contributed by atoms with Gasteiger partial charge in [-0.1, -0.05) is 17.7 Å². The molecule has 1 aromatic carbocycles. The first-order chi connectivity index (χ1) is 10.3. The van der Waals surface area contributed by atoms with Gasteiger partial charge in [0.1, 0.15) is 17.9 Å². The maximum Gasteiger partial charge on any atom is 0.415 e. The molecule has 0 unspecified atom stereocenters. The van der Waals surface area contributed by atoms with Gasteiger partial charge in [0, 0.05) is 6.07 Å². The molecule has 0 N–H and O–H groups in total. The molecule has 0 heterocycles. The Morgan fingerprint density at radius 3 is 2.50 bits per heavy atom. The van der Waals surface area contributed by atoms with Crippen molar-refractivity contribution in [3.05, 3.63) is 24.3 Å². The van der Waals surface area contributed by atoms with Gasteiger partial charge in [-0.2, -0.15) is 0 Å². The minimum absolute atomic E-state index is 0.279.